The molecule has 37 heavy (non-hydrogen) atoms. The van der Waals surface area contributed by atoms with Crippen molar-refractivity contribution in [2.75, 3.05) is 26.7 Å². The minimum Gasteiger partial charge on any atom is -1.00 e. The van der Waals surface area contributed by atoms with Crippen LogP contribution in [0.25, 0.3) is 0 Å². The van der Waals surface area contributed by atoms with Crippen molar-refractivity contribution >= 4 is 0 Å². The van der Waals surface area contributed by atoms with E-state index in [1.807, 2.05) is 0 Å². The highest BCUT2D eigenvalue weighted by Gasteiger charge is 2.95. The highest BCUT2D eigenvalue weighted by atomic mass is 127. The Kier molecular flexibility index (Phi) is 11.6. The van der Waals surface area contributed by atoms with Gasteiger partial charge in [0, 0.05) is 12.8 Å². The molecule has 0 saturated carbocycles. The quantitative estimate of drug-likeness (QED) is 0.108. The first-order chi connectivity index (χ1) is 15.6. The summed E-state index contributed by atoms with van der Waals surface area (Å²) >= 11 is 0. The van der Waals surface area contributed by atoms with Crippen LogP contribution in [0.1, 0.15) is 12.8 Å². The van der Waals surface area contributed by atoms with Crippen molar-refractivity contribution in [3.8, 4) is 0 Å². The first-order valence-corrected chi connectivity index (χ1v) is 9.35. The summed E-state index contributed by atoms with van der Waals surface area (Å²) in [4.78, 5) is 0. The number of nitrogens with zero attached hydrogens (tertiary/aromatic N) is 1. The largest absolute Gasteiger partial charge is 1.00 e. The van der Waals surface area contributed by atoms with E-state index in [4.69, 9.17) is 0 Å². The van der Waals surface area contributed by atoms with Crippen LogP contribution in [0.5, 0.6) is 0 Å². The SMILES string of the molecule is C=CC[N+](C)(CC=C)CCCC(F)(F)C(F)(F)C(F)(F)C(F)(F)C(F)(F)C(F)(F)C(F)(F)C(F)(F)F.[I-]. The van der Waals surface area contributed by atoms with E-state index in [9.17, 15) is 74.6 Å². The smallest absolute Gasteiger partial charge is 0.460 e. The van der Waals surface area contributed by atoms with Crippen molar-refractivity contribution in [2.45, 2.75) is 60.5 Å². The van der Waals surface area contributed by atoms with Gasteiger partial charge in [-0.2, -0.15) is 74.6 Å². The summed E-state index contributed by atoms with van der Waals surface area (Å²) in [5.41, 5.74) is 0. The van der Waals surface area contributed by atoms with Crippen LogP contribution < -0.4 is 24.0 Å². The fraction of sp³-hybridized carbons (Fsp3) is 0.778. The van der Waals surface area contributed by atoms with Gasteiger partial charge in [-0.25, -0.2) is 0 Å². The third-order valence-electron chi connectivity index (χ3n) is 5.12. The normalized spacial score (nSPS) is 15.3. The van der Waals surface area contributed by atoms with E-state index < -0.39 is 67.0 Å². The van der Waals surface area contributed by atoms with Crippen LogP contribution in [-0.2, 0) is 0 Å². The van der Waals surface area contributed by atoms with Crippen LogP contribution in [0, 0.1) is 0 Å². The van der Waals surface area contributed by atoms with E-state index in [1.165, 1.54) is 19.2 Å². The van der Waals surface area contributed by atoms with E-state index in [2.05, 4.69) is 13.2 Å². The van der Waals surface area contributed by atoms with Crippen LogP contribution in [0.2, 0.25) is 0 Å². The predicted molar refractivity (Wildman–Crippen MR) is 91.1 cm³/mol. The molecular formula is C18H19F17IN. The third-order valence-corrected chi connectivity index (χ3v) is 5.12. The fourth-order valence-electron chi connectivity index (χ4n) is 2.92. The van der Waals surface area contributed by atoms with Crippen LogP contribution in [0.3, 0.4) is 0 Å². The maximum atomic E-state index is 13.9. The molecule has 0 N–H and O–H groups in total. The molecule has 0 unspecified atom stereocenters. The molecule has 0 fully saturated rings. The molecule has 0 heterocycles. The molecule has 0 aromatic carbocycles. The average Bonchev–Trinajstić information content (AvgIpc) is 2.66. The van der Waals surface area contributed by atoms with Crippen LogP contribution in [-0.4, -0.2) is 78.8 Å². The Hall–Kier alpha value is -1.02. The van der Waals surface area contributed by atoms with Gasteiger partial charge in [0.1, 0.15) is 0 Å². The molecule has 0 bridgehead atoms. The van der Waals surface area contributed by atoms with E-state index >= 15 is 0 Å². The summed E-state index contributed by atoms with van der Waals surface area (Å²) in [7, 11) is 1.30. The monoisotopic (exact) mass is 699 g/mol. The van der Waals surface area contributed by atoms with Gasteiger partial charge in [0.25, 0.3) is 0 Å². The zero-order chi connectivity index (χ0) is 29.4. The highest BCUT2D eigenvalue weighted by Crippen LogP contribution is 2.64. The first-order valence-electron chi connectivity index (χ1n) is 9.35. The zero-order valence-electron chi connectivity index (χ0n) is 18.4. The van der Waals surface area contributed by atoms with E-state index in [0.717, 1.165) is 0 Å². The molecular weight excluding hydrogens is 680 g/mol. The zero-order valence-corrected chi connectivity index (χ0v) is 20.5. The molecule has 0 radical (unpaired) electrons. The van der Waals surface area contributed by atoms with Gasteiger partial charge in [0.05, 0.1) is 26.7 Å². The Bertz CT molecular complexity index is 778. The molecule has 0 aromatic rings. The van der Waals surface area contributed by atoms with Gasteiger partial charge < -0.3 is 28.5 Å². The third kappa shape index (κ3) is 6.26. The minimum absolute atomic E-state index is 0. The predicted octanol–water partition coefficient (Wildman–Crippen LogP) is 4.60. The Balaban J connectivity index is 0. The second-order valence-electron chi connectivity index (χ2n) is 8.04. The number of likely N-dealkylation sites (N-methyl/N-ethyl adjacent to an activating group) is 1. The molecule has 0 saturated heterocycles. The Morgan fingerprint density at radius 2 is 0.838 bits per heavy atom. The molecule has 0 spiro atoms. The van der Waals surface area contributed by atoms with Crippen LogP contribution in [0.15, 0.2) is 25.3 Å². The lowest BCUT2D eigenvalue weighted by Crippen LogP contribution is -3.00. The lowest BCUT2D eigenvalue weighted by molar-refractivity contribution is -0.898. The summed E-state index contributed by atoms with van der Waals surface area (Å²) in [5, 5.41) is 0. The summed E-state index contributed by atoms with van der Waals surface area (Å²) in [6.45, 7) is 5.94. The van der Waals surface area contributed by atoms with Crippen LogP contribution in [0.4, 0.5) is 74.6 Å². The first kappa shape index (κ1) is 38.1. The maximum Gasteiger partial charge on any atom is 0.460 e. The molecule has 1 nitrogen and oxygen atoms in total. The Morgan fingerprint density at radius 3 is 1.14 bits per heavy atom. The lowest BCUT2D eigenvalue weighted by atomic mass is 9.88. The van der Waals surface area contributed by atoms with Crippen molar-refractivity contribution in [1.82, 2.24) is 0 Å². The van der Waals surface area contributed by atoms with Gasteiger partial charge >= 0.3 is 47.6 Å². The minimum atomic E-state index is -8.61. The number of halogens is 18. The summed E-state index contributed by atoms with van der Waals surface area (Å²) < 4.78 is 225. The van der Waals surface area contributed by atoms with Crippen molar-refractivity contribution in [3.05, 3.63) is 25.3 Å². The molecule has 0 rings (SSSR count). The van der Waals surface area contributed by atoms with Crippen molar-refractivity contribution < 1.29 is 103 Å². The van der Waals surface area contributed by atoms with Gasteiger partial charge in [-0.1, -0.05) is 13.2 Å². The van der Waals surface area contributed by atoms with Gasteiger partial charge in [-0.3, -0.25) is 0 Å². The second kappa shape index (κ2) is 11.2. The molecule has 0 aliphatic heterocycles. The lowest BCUT2D eigenvalue weighted by Gasteiger charge is -2.43. The van der Waals surface area contributed by atoms with Gasteiger partial charge in [-0.05, 0) is 12.2 Å². The van der Waals surface area contributed by atoms with Gasteiger partial charge in [0.15, 0.2) is 0 Å². The fourth-order valence-corrected chi connectivity index (χ4v) is 2.92. The molecule has 0 amide bonds. The maximum absolute atomic E-state index is 13.9. The topological polar surface area (TPSA) is 0 Å². The molecule has 222 valence electrons. The van der Waals surface area contributed by atoms with E-state index in [-0.39, 0.29) is 41.5 Å². The van der Waals surface area contributed by atoms with Gasteiger partial charge in [0.2, 0.25) is 0 Å². The van der Waals surface area contributed by atoms with Crippen molar-refractivity contribution in [2.24, 2.45) is 0 Å². The Morgan fingerprint density at radius 1 is 0.541 bits per heavy atom. The van der Waals surface area contributed by atoms with Crippen molar-refractivity contribution in [1.29, 1.82) is 0 Å². The standard InChI is InChI=1S/C18H19F17N.HI/c1-4-8-36(3,9-5-2)10-6-7-11(19,20)12(21,22)13(23,24)14(25,26)15(27,28)16(29,30)17(31,32)18(33,34)35;/h4-5H,1-2,6-10H2,3H3;1H/q+1;/p-1. The number of hydrogen-bond donors (Lipinski definition) is 0. The average molecular weight is 699 g/mol. The summed E-state index contributed by atoms with van der Waals surface area (Å²) in [5.74, 6) is -56.0. The number of alkyl halides is 17. The molecule has 0 atom stereocenters. The molecule has 19 heteroatoms. The summed E-state index contributed by atoms with van der Waals surface area (Å²) in [6.07, 6.45) is -8.97. The second-order valence-corrected chi connectivity index (χ2v) is 8.04. The molecule has 0 aromatic heterocycles. The van der Waals surface area contributed by atoms with Crippen molar-refractivity contribution in [3.63, 3.8) is 0 Å². The molecule has 0 aliphatic rings. The highest BCUT2D eigenvalue weighted by molar-refractivity contribution is 5.15. The number of hydrogen-bond acceptors (Lipinski definition) is 0. The van der Waals surface area contributed by atoms with Gasteiger partial charge in [-0.15, -0.1) is 0 Å². The summed E-state index contributed by atoms with van der Waals surface area (Å²) in [6, 6.07) is 0. The molecule has 0 aliphatic carbocycles. The van der Waals surface area contributed by atoms with E-state index in [1.54, 1.807) is 0 Å². The number of rotatable bonds is 14. The van der Waals surface area contributed by atoms with E-state index in [0.29, 0.717) is 0 Å². The Labute approximate surface area is 215 Å². The number of quaternary nitrogens is 1. The van der Waals surface area contributed by atoms with Crippen LogP contribution >= 0.6 is 0 Å².